The van der Waals surface area contributed by atoms with Crippen LogP contribution < -0.4 is 5.32 Å². The Morgan fingerprint density at radius 3 is 2.86 bits per heavy atom. The van der Waals surface area contributed by atoms with E-state index < -0.39 is 0 Å². The molecule has 1 unspecified atom stereocenters. The highest BCUT2D eigenvalue weighted by Gasteiger charge is 2.18. The average molecular weight is 323 g/mol. The molecule has 2 aromatic rings. The van der Waals surface area contributed by atoms with Crippen LogP contribution in [0.25, 0.3) is 0 Å². The summed E-state index contributed by atoms with van der Waals surface area (Å²) in [4.78, 5) is 16.2. The highest BCUT2D eigenvalue weighted by Crippen LogP contribution is 2.22. The van der Waals surface area contributed by atoms with Crippen molar-refractivity contribution in [2.24, 2.45) is 7.05 Å². The second-order valence-electron chi connectivity index (χ2n) is 4.82. The summed E-state index contributed by atoms with van der Waals surface area (Å²) in [5, 5.41) is 12.1. The summed E-state index contributed by atoms with van der Waals surface area (Å²) < 4.78 is 15.2. The molecule has 1 amide bonds. The lowest BCUT2D eigenvalue weighted by Crippen LogP contribution is -2.30. The molecule has 1 aromatic carbocycles. The number of carbonyl (C=O) groups is 1. The van der Waals surface area contributed by atoms with Gasteiger partial charge >= 0.3 is 0 Å². The van der Waals surface area contributed by atoms with E-state index >= 15 is 0 Å². The quantitative estimate of drug-likeness (QED) is 0.796. The lowest BCUT2D eigenvalue weighted by molar-refractivity contribution is -0.120. The van der Waals surface area contributed by atoms with E-state index in [0.29, 0.717) is 16.4 Å². The standard InChI is InChI=1S/C15H18FN3O2S/c1-10(22-15-18-8-12(9-20)19(15)2)14(21)17-7-11-5-3-4-6-13(11)16/h3-6,8,10,20H,7,9H2,1-2H3,(H,17,21). The Kier molecular flexibility index (Phi) is 5.57. The van der Waals surface area contributed by atoms with Crippen molar-refractivity contribution in [1.82, 2.24) is 14.9 Å². The van der Waals surface area contributed by atoms with Crippen molar-refractivity contribution in [3.8, 4) is 0 Å². The second kappa shape index (κ2) is 7.42. The number of hydrogen-bond donors (Lipinski definition) is 2. The Labute approximate surface area is 132 Å². The molecule has 1 atom stereocenters. The Bertz CT molecular complexity index is 660. The van der Waals surface area contributed by atoms with Gasteiger partial charge in [-0.25, -0.2) is 9.37 Å². The van der Waals surface area contributed by atoms with E-state index in [0.717, 1.165) is 0 Å². The second-order valence-corrected chi connectivity index (χ2v) is 6.13. The van der Waals surface area contributed by atoms with Gasteiger partial charge in [-0.2, -0.15) is 0 Å². The molecule has 0 bridgehead atoms. The van der Waals surface area contributed by atoms with Crippen LogP contribution in [0.4, 0.5) is 4.39 Å². The van der Waals surface area contributed by atoms with Crippen LogP contribution in [0.15, 0.2) is 35.6 Å². The van der Waals surface area contributed by atoms with E-state index in [1.165, 1.54) is 17.8 Å². The maximum atomic E-state index is 13.5. The van der Waals surface area contributed by atoms with Gasteiger partial charge in [-0.1, -0.05) is 30.0 Å². The van der Waals surface area contributed by atoms with Crippen molar-refractivity contribution in [3.63, 3.8) is 0 Å². The van der Waals surface area contributed by atoms with Gasteiger partial charge in [0.05, 0.1) is 23.7 Å². The third kappa shape index (κ3) is 3.86. The fourth-order valence-electron chi connectivity index (χ4n) is 1.86. The lowest BCUT2D eigenvalue weighted by Gasteiger charge is -2.12. The number of imidazole rings is 1. The third-order valence-electron chi connectivity index (χ3n) is 3.27. The van der Waals surface area contributed by atoms with Gasteiger partial charge in [-0.05, 0) is 13.0 Å². The van der Waals surface area contributed by atoms with Gasteiger partial charge < -0.3 is 15.0 Å². The van der Waals surface area contributed by atoms with Crippen LogP contribution >= 0.6 is 11.8 Å². The molecule has 7 heteroatoms. The van der Waals surface area contributed by atoms with E-state index in [1.54, 1.807) is 42.9 Å². The number of rotatable bonds is 6. The van der Waals surface area contributed by atoms with E-state index in [9.17, 15) is 9.18 Å². The fourth-order valence-corrected chi connectivity index (χ4v) is 2.76. The van der Waals surface area contributed by atoms with Crippen molar-refractivity contribution in [3.05, 3.63) is 47.5 Å². The molecule has 2 N–H and O–H groups in total. The van der Waals surface area contributed by atoms with E-state index in [2.05, 4.69) is 10.3 Å². The van der Waals surface area contributed by atoms with Gasteiger partial charge in [0.2, 0.25) is 5.91 Å². The summed E-state index contributed by atoms with van der Waals surface area (Å²) >= 11 is 1.29. The fraction of sp³-hybridized carbons (Fsp3) is 0.333. The minimum Gasteiger partial charge on any atom is -0.390 e. The normalized spacial score (nSPS) is 12.2. The van der Waals surface area contributed by atoms with Gasteiger partial charge in [0.15, 0.2) is 5.16 Å². The zero-order valence-electron chi connectivity index (χ0n) is 12.4. The van der Waals surface area contributed by atoms with Gasteiger partial charge in [-0.3, -0.25) is 4.79 Å². The smallest absolute Gasteiger partial charge is 0.233 e. The van der Waals surface area contributed by atoms with Gasteiger partial charge in [0, 0.05) is 19.2 Å². The number of amides is 1. The van der Waals surface area contributed by atoms with Crippen molar-refractivity contribution in [2.75, 3.05) is 0 Å². The number of nitrogens with zero attached hydrogens (tertiary/aromatic N) is 2. The minimum absolute atomic E-state index is 0.0993. The molecule has 2 rings (SSSR count). The Balaban J connectivity index is 1.92. The topological polar surface area (TPSA) is 67.2 Å². The summed E-state index contributed by atoms with van der Waals surface area (Å²) in [7, 11) is 1.78. The van der Waals surface area contributed by atoms with Crippen molar-refractivity contribution >= 4 is 17.7 Å². The van der Waals surface area contributed by atoms with Gasteiger partial charge in [0.1, 0.15) is 5.82 Å². The molecule has 1 aromatic heterocycles. The molecule has 0 spiro atoms. The summed E-state index contributed by atoms with van der Waals surface area (Å²) in [5.74, 6) is -0.526. The molecule has 0 aliphatic carbocycles. The zero-order valence-corrected chi connectivity index (χ0v) is 13.2. The molecule has 0 saturated carbocycles. The van der Waals surface area contributed by atoms with Gasteiger partial charge in [-0.15, -0.1) is 0 Å². The van der Waals surface area contributed by atoms with Crippen molar-refractivity contribution in [2.45, 2.75) is 30.5 Å². The van der Waals surface area contributed by atoms with Crippen LogP contribution in [0.3, 0.4) is 0 Å². The number of nitrogens with one attached hydrogen (secondary N) is 1. The molecule has 118 valence electrons. The number of aliphatic hydroxyl groups is 1. The van der Waals surface area contributed by atoms with Crippen LogP contribution in [0.2, 0.25) is 0 Å². The number of thioether (sulfide) groups is 1. The highest BCUT2D eigenvalue weighted by molar-refractivity contribution is 8.00. The van der Waals surface area contributed by atoms with Crippen molar-refractivity contribution < 1.29 is 14.3 Å². The number of hydrogen-bond acceptors (Lipinski definition) is 4. The van der Waals surface area contributed by atoms with Crippen LogP contribution in [-0.2, 0) is 25.0 Å². The minimum atomic E-state index is -0.376. The summed E-state index contributed by atoms with van der Waals surface area (Å²) in [6, 6.07) is 6.34. The van der Waals surface area contributed by atoms with Crippen LogP contribution in [-0.4, -0.2) is 25.8 Å². The predicted molar refractivity (Wildman–Crippen MR) is 82.7 cm³/mol. The molecule has 22 heavy (non-hydrogen) atoms. The van der Waals surface area contributed by atoms with Gasteiger partial charge in [0.25, 0.3) is 0 Å². The van der Waals surface area contributed by atoms with E-state index in [-0.39, 0.29) is 30.1 Å². The molecule has 0 saturated heterocycles. The lowest BCUT2D eigenvalue weighted by atomic mass is 10.2. The molecule has 0 aliphatic heterocycles. The zero-order chi connectivity index (χ0) is 16.1. The predicted octanol–water partition coefficient (Wildman–Crippen LogP) is 1.85. The Morgan fingerprint density at radius 2 is 2.23 bits per heavy atom. The third-order valence-corrected chi connectivity index (χ3v) is 4.42. The number of aromatic nitrogens is 2. The number of aliphatic hydroxyl groups excluding tert-OH is 1. The summed E-state index contributed by atoms with van der Waals surface area (Å²) in [5.41, 5.74) is 1.13. The summed E-state index contributed by atoms with van der Waals surface area (Å²) in [6.45, 7) is 1.81. The Hall–Kier alpha value is -1.86. The monoisotopic (exact) mass is 323 g/mol. The number of halogens is 1. The number of benzene rings is 1. The first-order chi connectivity index (χ1) is 10.5. The first kappa shape index (κ1) is 16.5. The number of carbonyl (C=O) groups excluding carboxylic acids is 1. The van der Waals surface area contributed by atoms with Crippen LogP contribution in [0.5, 0.6) is 0 Å². The molecule has 5 nitrogen and oxygen atoms in total. The average Bonchev–Trinajstić information content (AvgIpc) is 2.86. The van der Waals surface area contributed by atoms with Crippen LogP contribution in [0, 0.1) is 5.82 Å². The maximum Gasteiger partial charge on any atom is 0.233 e. The highest BCUT2D eigenvalue weighted by atomic mass is 32.2. The van der Waals surface area contributed by atoms with E-state index in [4.69, 9.17) is 5.11 Å². The summed E-state index contributed by atoms with van der Waals surface area (Å²) in [6.07, 6.45) is 1.58. The first-order valence-corrected chi connectivity index (χ1v) is 7.70. The molecule has 0 aliphatic rings. The molecule has 1 heterocycles. The SMILES string of the molecule is CC(Sc1ncc(CO)n1C)C(=O)NCc1ccccc1F. The van der Waals surface area contributed by atoms with Crippen molar-refractivity contribution in [1.29, 1.82) is 0 Å². The molecule has 0 fully saturated rings. The largest absolute Gasteiger partial charge is 0.390 e. The molecule has 0 radical (unpaired) electrons. The maximum absolute atomic E-state index is 13.5. The first-order valence-electron chi connectivity index (χ1n) is 6.82. The van der Waals surface area contributed by atoms with Crippen LogP contribution in [0.1, 0.15) is 18.2 Å². The molecular formula is C15H18FN3O2S. The van der Waals surface area contributed by atoms with E-state index in [1.807, 2.05) is 0 Å². The molecular weight excluding hydrogens is 305 g/mol. The Morgan fingerprint density at radius 1 is 1.50 bits per heavy atom.